The first-order valence-corrected chi connectivity index (χ1v) is 4.98. The molecule has 1 saturated heterocycles. The quantitative estimate of drug-likeness (QED) is 0.363. The van der Waals surface area contributed by atoms with Crippen LogP contribution < -0.4 is 5.32 Å². The van der Waals surface area contributed by atoms with E-state index in [1.165, 1.54) is 18.2 Å². The van der Waals surface area contributed by atoms with Crippen molar-refractivity contribution in [1.82, 2.24) is 10.3 Å². The molecular weight excluding hydrogens is 240 g/mol. The predicted octanol–water partition coefficient (Wildman–Crippen LogP) is 0.480. The molecule has 1 aromatic carbocycles. The number of carbonyl (C=O) groups excluding carboxylic acids is 2. The highest BCUT2D eigenvalue weighted by atomic mass is 16.6. The number of carbonyl (C=O) groups is 2. The van der Waals surface area contributed by atoms with Crippen LogP contribution in [0.25, 0.3) is 0 Å². The molecule has 1 aliphatic rings. The van der Waals surface area contributed by atoms with Gasteiger partial charge in [0.1, 0.15) is 6.54 Å². The van der Waals surface area contributed by atoms with E-state index in [-0.39, 0.29) is 17.8 Å². The molecule has 0 atom stereocenters. The number of imide groups is 1. The number of nitrogens with zero attached hydrogens (tertiary/aromatic N) is 3. The summed E-state index contributed by atoms with van der Waals surface area (Å²) >= 11 is 0. The van der Waals surface area contributed by atoms with Crippen molar-refractivity contribution in [2.45, 2.75) is 0 Å². The van der Waals surface area contributed by atoms with Gasteiger partial charge in [-0.2, -0.15) is 5.10 Å². The Kier molecular flexibility index (Phi) is 3.00. The smallest absolute Gasteiger partial charge is 0.327 e. The zero-order chi connectivity index (χ0) is 13.1. The Labute approximate surface area is 101 Å². The van der Waals surface area contributed by atoms with Crippen LogP contribution in [-0.4, -0.2) is 34.6 Å². The number of rotatable bonds is 3. The van der Waals surface area contributed by atoms with Crippen molar-refractivity contribution in [2.75, 3.05) is 6.54 Å². The molecule has 1 aromatic rings. The predicted molar refractivity (Wildman–Crippen MR) is 60.9 cm³/mol. The number of hydrogen-bond acceptors (Lipinski definition) is 5. The minimum Gasteiger partial charge on any atom is -0.327 e. The summed E-state index contributed by atoms with van der Waals surface area (Å²) in [5.41, 5.74) is 0.0725. The van der Waals surface area contributed by atoms with Gasteiger partial charge in [0.15, 0.2) is 0 Å². The van der Waals surface area contributed by atoms with Crippen molar-refractivity contribution in [2.24, 2.45) is 5.10 Å². The number of hydrogen-bond donors (Lipinski definition) is 1. The van der Waals surface area contributed by atoms with E-state index in [0.717, 1.165) is 6.21 Å². The fourth-order valence-corrected chi connectivity index (χ4v) is 1.41. The van der Waals surface area contributed by atoms with Crippen molar-refractivity contribution >= 4 is 23.8 Å². The van der Waals surface area contributed by atoms with Gasteiger partial charge in [0.2, 0.25) is 0 Å². The Morgan fingerprint density at radius 3 is 2.72 bits per heavy atom. The van der Waals surface area contributed by atoms with Gasteiger partial charge in [0.25, 0.3) is 11.6 Å². The molecule has 1 aliphatic heterocycles. The van der Waals surface area contributed by atoms with E-state index in [9.17, 15) is 19.7 Å². The molecule has 8 nitrogen and oxygen atoms in total. The van der Waals surface area contributed by atoms with E-state index in [1.807, 2.05) is 0 Å². The molecule has 8 heteroatoms. The van der Waals surface area contributed by atoms with Crippen LogP contribution in [0.1, 0.15) is 5.56 Å². The number of benzene rings is 1. The van der Waals surface area contributed by atoms with Crippen LogP contribution in [0.15, 0.2) is 29.4 Å². The molecule has 1 fully saturated rings. The van der Waals surface area contributed by atoms with Gasteiger partial charge in [-0.3, -0.25) is 14.9 Å². The maximum absolute atomic E-state index is 11.2. The maximum Gasteiger partial charge on any atom is 0.345 e. The van der Waals surface area contributed by atoms with Crippen LogP contribution in [0.4, 0.5) is 10.5 Å². The number of urea groups is 1. The van der Waals surface area contributed by atoms with Crippen LogP contribution in [-0.2, 0) is 4.79 Å². The molecule has 92 valence electrons. The van der Waals surface area contributed by atoms with Gasteiger partial charge in [-0.25, -0.2) is 4.79 Å². The van der Waals surface area contributed by atoms with Crippen molar-refractivity contribution in [3.8, 4) is 0 Å². The van der Waals surface area contributed by atoms with Gasteiger partial charge in [-0.15, -0.1) is 5.01 Å². The molecule has 2 rings (SSSR count). The van der Waals surface area contributed by atoms with Crippen molar-refractivity contribution in [3.63, 3.8) is 0 Å². The normalized spacial score (nSPS) is 15.2. The SMILES string of the molecule is O=C1CNC(=O)N1/N=C/c1ccccc1[N+](=O)[O-]. The zero-order valence-corrected chi connectivity index (χ0v) is 9.07. The summed E-state index contributed by atoms with van der Waals surface area (Å²) in [6.45, 7) is -0.118. The van der Waals surface area contributed by atoms with E-state index in [1.54, 1.807) is 6.07 Å². The fourth-order valence-electron chi connectivity index (χ4n) is 1.41. The molecule has 0 unspecified atom stereocenters. The highest BCUT2D eigenvalue weighted by molar-refractivity contribution is 6.02. The van der Waals surface area contributed by atoms with E-state index >= 15 is 0 Å². The molecule has 0 saturated carbocycles. The first kappa shape index (κ1) is 11.7. The first-order chi connectivity index (χ1) is 8.59. The van der Waals surface area contributed by atoms with E-state index in [2.05, 4.69) is 10.4 Å². The molecule has 0 spiro atoms. The average Bonchev–Trinajstić information content (AvgIpc) is 2.67. The third-order valence-electron chi connectivity index (χ3n) is 2.27. The number of hydrazone groups is 1. The second-order valence-corrected chi connectivity index (χ2v) is 3.42. The Hall–Kier alpha value is -2.77. The summed E-state index contributed by atoms with van der Waals surface area (Å²) in [6.07, 6.45) is 1.11. The second kappa shape index (κ2) is 4.62. The lowest BCUT2D eigenvalue weighted by Gasteiger charge is -2.03. The third kappa shape index (κ3) is 2.17. The number of para-hydroxylation sites is 1. The largest absolute Gasteiger partial charge is 0.345 e. The van der Waals surface area contributed by atoms with Gasteiger partial charge < -0.3 is 5.32 Å². The number of nitro groups is 1. The fraction of sp³-hybridized carbons (Fsp3) is 0.100. The van der Waals surface area contributed by atoms with Crippen LogP contribution in [0, 0.1) is 10.1 Å². The molecule has 1 N–H and O–H groups in total. The lowest BCUT2D eigenvalue weighted by atomic mass is 10.2. The first-order valence-electron chi connectivity index (χ1n) is 4.98. The third-order valence-corrected chi connectivity index (χ3v) is 2.27. The summed E-state index contributed by atoms with van der Waals surface area (Å²) in [5, 5.41) is 17.3. The summed E-state index contributed by atoms with van der Waals surface area (Å²) in [4.78, 5) is 32.6. The molecular formula is C10H8N4O4. The Balaban J connectivity index is 2.26. The average molecular weight is 248 g/mol. The molecule has 0 aliphatic carbocycles. The maximum atomic E-state index is 11.2. The topological polar surface area (TPSA) is 105 Å². The lowest BCUT2D eigenvalue weighted by molar-refractivity contribution is -0.385. The van der Waals surface area contributed by atoms with E-state index in [0.29, 0.717) is 5.01 Å². The number of amides is 3. The molecule has 3 amide bonds. The summed E-state index contributed by atoms with van der Waals surface area (Å²) in [7, 11) is 0. The van der Waals surface area contributed by atoms with E-state index < -0.39 is 16.9 Å². The number of nitrogens with one attached hydrogen (secondary N) is 1. The van der Waals surface area contributed by atoms with Gasteiger partial charge in [0, 0.05) is 6.07 Å². The minimum absolute atomic E-state index is 0.118. The molecule has 18 heavy (non-hydrogen) atoms. The van der Waals surface area contributed by atoms with Crippen LogP contribution in [0.5, 0.6) is 0 Å². The monoisotopic (exact) mass is 248 g/mol. The Bertz CT molecular complexity index is 539. The molecule has 0 bridgehead atoms. The van der Waals surface area contributed by atoms with E-state index in [4.69, 9.17) is 0 Å². The van der Waals surface area contributed by atoms with Crippen LogP contribution in [0.2, 0.25) is 0 Å². The highest BCUT2D eigenvalue weighted by Gasteiger charge is 2.28. The zero-order valence-electron chi connectivity index (χ0n) is 9.07. The van der Waals surface area contributed by atoms with Gasteiger partial charge in [0.05, 0.1) is 16.7 Å². The Morgan fingerprint density at radius 2 is 2.11 bits per heavy atom. The van der Waals surface area contributed by atoms with Crippen molar-refractivity contribution < 1.29 is 14.5 Å². The molecule has 1 heterocycles. The van der Waals surface area contributed by atoms with Crippen molar-refractivity contribution in [3.05, 3.63) is 39.9 Å². The van der Waals surface area contributed by atoms with Gasteiger partial charge in [-0.05, 0) is 6.07 Å². The van der Waals surface area contributed by atoms with Crippen molar-refractivity contribution in [1.29, 1.82) is 0 Å². The van der Waals surface area contributed by atoms with Crippen LogP contribution >= 0.6 is 0 Å². The summed E-state index contributed by atoms with van der Waals surface area (Å²) in [6, 6.07) is 5.26. The molecule has 0 aromatic heterocycles. The summed E-state index contributed by atoms with van der Waals surface area (Å²) < 4.78 is 0. The lowest BCUT2D eigenvalue weighted by Crippen LogP contribution is -2.25. The Morgan fingerprint density at radius 1 is 1.39 bits per heavy atom. The highest BCUT2D eigenvalue weighted by Crippen LogP contribution is 2.15. The standard InChI is InChI=1S/C10H8N4O4/c15-9-6-11-10(16)13(9)12-5-7-3-1-2-4-8(7)14(17)18/h1-5H,6H2,(H,11,16)/b12-5+. The number of nitro benzene ring substituents is 1. The molecule has 0 radical (unpaired) electrons. The summed E-state index contributed by atoms with van der Waals surface area (Å²) in [5.74, 6) is -0.505. The van der Waals surface area contributed by atoms with Gasteiger partial charge >= 0.3 is 6.03 Å². The second-order valence-electron chi connectivity index (χ2n) is 3.42. The van der Waals surface area contributed by atoms with Crippen LogP contribution in [0.3, 0.4) is 0 Å². The minimum atomic E-state index is -0.644. The van der Waals surface area contributed by atoms with Gasteiger partial charge in [-0.1, -0.05) is 12.1 Å².